The third-order valence-electron chi connectivity index (χ3n) is 2.76. The summed E-state index contributed by atoms with van der Waals surface area (Å²) in [6.07, 6.45) is 0.615. The number of alkyl halides is 3. The second-order valence-electron chi connectivity index (χ2n) is 4.14. The first-order valence-electron chi connectivity index (χ1n) is 5.94. The fraction of sp³-hybridized carbons (Fsp3) is 0.125. The Morgan fingerprint density at radius 2 is 1.76 bits per heavy atom. The molecule has 0 aliphatic rings. The number of hydrogen-bond donors (Lipinski definition) is 0. The van der Waals surface area contributed by atoms with E-state index >= 15 is 0 Å². The highest BCUT2D eigenvalue weighted by Crippen LogP contribution is 2.30. The lowest BCUT2D eigenvalue weighted by Gasteiger charge is -2.11. The Kier molecular flexibility index (Phi) is 4.08. The van der Waals surface area contributed by atoms with E-state index in [9.17, 15) is 13.2 Å². The molecule has 0 aliphatic carbocycles. The number of hydrogen-bond acceptors (Lipinski definition) is 2. The largest absolute Gasteiger partial charge is 0.573 e. The highest BCUT2D eigenvalue weighted by molar-refractivity contribution is 5.68. The van der Waals surface area contributed by atoms with Gasteiger partial charge < -0.3 is 9.47 Å². The molecule has 0 atom stereocenters. The first kappa shape index (κ1) is 14.8. The zero-order chi connectivity index (χ0) is 15.5. The minimum absolute atomic E-state index is 0.278. The molecule has 0 spiro atoms. The van der Waals surface area contributed by atoms with E-state index in [0.717, 1.165) is 0 Å². The number of rotatable bonds is 3. The third-order valence-corrected chi connectivity index (χ3v) is 2.76. The van der Waals surface area contributed by atoms with Crippen LogP contribution in [0.2, 0.25) is 0 Å². The molecular weight excluding hydrogens is 281 g/mol. The van der Waals surface area contributed by atoms with Crippen LogP contribution in [-0.2, 0) is 0 Å². The lowest BCUT2D eigenvalue weighted by Crippen LogP contribution is -2.17. The molecule has 0 saturated heterocycles. The predicted molar refractivity (Wildman–Crippen MR) is 73.0 cm³/mol. The first-order chi connectivity index (χ1) is 9.93. The predicted octanol–water partition coefficient (Wildman–Crippen LogP) is 4.24. The molecule has 0 heterocycles. The topological polar surface area (TPSA) is 18.5 Å². The molecule has 5 heteroatoms. The quantitative estimate of drug-likeness (QED) is 0.788. The maximum absolute atomic E-state index is 12.2. The second kappa shape index (κ2) is 5.80. The van der Waals surface area contributed by atoms with Crippen molar-refractivity contribution in [2.75, 3.05) is 7.11 Å². The van der Waals surface area contributed by atoms with Crippen LogP contribution in [0.4, 0.5) is 13.2 Å². The number of methoxy groups -OCH3 is 1. The molecule has 0 aliphatic heterocycles. The average Bonchev–Trinajstić information content (AvgIpc) is 2.45. The molecule has 0 N–H and O–H groups in total. The van der Waals surface area contributed by atoms with Crippen molar-refractivity contribution in [2.45, 2.75) is 6.36 Å². The summed E-state index contributed by atoms with van der Waals surface area (Å²) in [6.45, 7) is 0. The summed E-state index contributed by atoms with van der Waals surface area (Å²) in [5, 5.41) is 0. The Hall–Kier alpha value is -2.61. The van der Waals surface area contributed by atoms with E-state index < -0.39 is 6.36 Å². The van der Waals surface area contributed by atoms with Crippen molar-refractivity contribution in [2.24, 2.45) is 0 Å². The zero-order valence-electron chi connectivity index (χ0n) is 11.1. The van der Waals surface area contributed by atoms with Crippen LogP contribution in [0.3, 0.4) is 0 Å². The average molecular weight is 292 g/mol. The fourth-order valence-electron chi connectivity index (χ4n) is 1.86. The molecule has 0 unspecified atom stereocenters. The Balaban J connectivity index is 2.39. The van der Waals surface area contributed by atoms with Gasteiger partial charge in [-0.1, -0.05) is 24.1 Å². The first-order valence-corrected chi connectivity index (χ1v) is 5.94. The summed E-state index contributed by atoms with van der Waals surface area (Å²) < 4.78 is 45.7. The minimum Gasteiger partial charge on any atom is -0.495 e. The maximum Gasteiger partial charge on any atom is 0.573 e. The molecule has 0 fully saturated rings. The molecule has 0 amide bonds. The van der Waals surface area contributed by atoms with Crippen molar-refractivity contribution in [3.8, 4) is 35.0 Å². The molecule has 0 radical (unpaired) electrons. The second-order valence-corrected chi connectivity index (χ2v) is 4.14. The van der Waals surface area contributed by atoms with E-state index in [0.29, 0.717) is 22.4 Å². The Bertz CT molecular complexity index is 685. The van der Waals surface area contributed by atoms with E-state index in [-0.39, 0.29) is 5.75 Å². The summed E-state index contributed by atoms with van der Waals surface area (Å²) in [5.41, 5.74) is 1.82. The Labute approximate surface area is 120 Å². The molecule has 21 heavy (non-hydrogen) atoms. The van der Waals surface area contributed by atoms with Gasteiger partial charge in [0.05, 0.1) is 12.7 Å². The molecule has 2 rings (SSSR count). The monoisotopic (exact) mass is 292 g/mol. The molecule has 2 aromatic carbocycles. The molecule has 108 valence electrons. The highest BCUT2D eigenvalue weighted by atomic mass is 19.4. The number of terminal acetylenes is 1. The molecule has 0 saturated carbocycles. The third kappa shape index (κ3) is 3.69. The van der Waals surface area contributed by atoms with Crippen LogP contribution in [0.1, 0.15) is 5.56 Å². The van der Waals surface area contributed by atoms with Crippen LogP contribution < -0.4 is 9.47 Å². The van der Waals surface area contributed by atoms with Gasteiger partial charge in [-0.25, -0.2) is 0 Å². The van der Waals surface area contributed by atoms with Gasteiger partial charge in [0.25, 0.3) is 0 Å². The standard InChI is InChI=1S/C16H11F3O2/c1-3-11-7-8-13(10-15(11)20-2)12-5-4-6-14(9-12)21-16(17,18)19/h1,4-10H,2H3. The SMILES string of the molecule is C#Cc1ccc(-c2cccc(OC(F)(F)F)c2)cc1OC. The van der Waals surface area contributed by atoms with Crippen molar-refractivity contribution in [3.63, 3.8) is 0 Å². The van der Waals surface area contributed by atoms with Crippen LogP contribution in [0.5, 0.6) is 11.5 Å². The van der Waals surface area contributed by atoms with Crippen molar-refractivity contribution in [1.82, 2.24) is 0 Å². The van der Waals surface area contributed by atoms with Crippen LogP contribution >= 0.6 is 0 Å². The molecular formula is C16H11F3O2. The van der Waals surface area contributed by atoms with Gasteiger partial charge in [-0.2, -0.15) is 0 Å². The van der Waals surface area contributed by atoms with Crippen LogP contribution in [0.25, 0.3) is 11.1 Å². The molecule has 2 aromatic rings. The summed E-state index contributed by atoms with van der Waals surface area (Å²) in [5.74, 6) is 2.67. The number of ether oxygens (including phenoxy) is 2. The lowest BCUT2D eigenvalue weighted by atomic mass is 10.0. The normalized spacial score (nSPS) is 10.8. The molecule has 0 bridgehead atoms. The van der Waals surface area contributed by atoms with Crippen molar-refractivity contribution in [1.29, 1.82) is 0 Å². The Morgan fingerprint density at radius 1 is 1.05 bits per heavy atom. The number of halogens is 3. The fourth-order valence-corrected chi connectivity index (χ4v) is 1.86. The van der Waals surface area contributed by atoms with E-state index in [2.05, 4.69) is 10.7 Å². The maximum atomic E-state index is 12.2. The van der Waals surface area contributed by atoms with Crippen molar-refractivity contribution >= 4 is 0 Å². The molecule has 2 nitrogen and oxygen atoms in total. The molecule has 0 aromatic heterocycles. The zero-order valence-corrected chi connectivity index (χ0v) is 11.1. The van der Waals surface area contributed by atoms with Gasteiger partial charge >= 0.3 is 6.36 Å². The van der Waals surface area contributed by atoms with Crippen LogP contribution in [0, 0.1) is 12.3 Å². The smallest absolute Gasteiger partial charge is 0.495 e. The summed E-state index contributed by atoms with van der Waals surface area (Å²) in [7, 11) is 1.48. The summed E-state index contributed by atoms with van der Waals surface area (Å²) in [4.78, 5) is 0. The summed E-state index contributed by atoms with van der Waals surface area (Å²) >= 11 is 0. The number of benzene rings is 2. The van der Waals surface area contributed by atoms with E-state index in [1.54, 1.807) is 24.3 Å². The Morgan fingerprint density at radius 3 is 2.38 bits per heavy atom. The van der Waals surface area contributed by atoms with Gasteiger partial charge in [0.2, 0.25) is 0 Å². The van der Waals surface area contributed by atoms with Crippen molar-refractivity contribution in [3.05, 3.63) is 48.0 Å². The van der Waals surface area contributed by atoms with Gasteiger partial charge in [-0.05, 0) is 35.4 Å². The van der Waals surface area contributed by atoms with E-state index in [4.69, 9.17) is 11.2 Å². The van der Waals surface area contributed by atoms with Gasteiger partial charge in [0.15, 0.2) is 0 Å². The van der Waals surface area contributed by atoms with Crippen molar-refractivity contribution < 1.29 is 22.6 Å². The lowest BCUT2D eigenvalue weighted by molar-refractivity contribution is -0.274. The van der Waals surface area contributed by atoms with Crippen LogP contribution in [-0.4, -0.2) is 13.5 Å². The van der Waals surface area contributed by atoms with Gasteiger partial charge in [0, 0.05) is 0 Å². The van der Waals surface area contributed by atoms with E-state index in [1.165, 1.54) is 25.3 Å². The van der Waals surface area contributed by atoms with Gasteiger partial charge in [0.1, 0.15) is 11.5 Å². The highest BCUT2D eigenvalue weighted by Gasteiger charge is 2.31. The van der Waals surface area contributed by atoms with Crippen LogP contribution in [0.15, 0.2) is 42.5 Å². The summed E-state index contributed by atoms with van der Waals surface area (Å²) in [6, 6.07) is 10.8. The minimum atomic E-state index is -4.72. The van der Waals surface area contributed by atoms with Gasteiger partial charge in [-0.3, -0.25) is 0 Å². The van der Waals surface area contributed by atoms with Gasteiger partial charge in [-0.15, -0.1) is 19.6 Å². The van der Waals surface area contributed by atoms with E-state index in [1.807, 2.05) is 0 Å².